The molecule has 3 rings (SSSR count). The minimum absolute atomic E-state index is 0.115. The van der Waals surface area contributed by atoms with Crippen molar-refractivity contribution in [3.05, 3.63) is 54.2 Å². The van der Waals surface area contributed by atoms with Gasteiger partial charge in [-0.2, -0.15) is 4.98 Å². The van der Waals surface area contributed by atoms with Gasteiger partial charge in [0.25, 0.3) is 0 Å². The molecule has 0 aliphatic carbocycles. The van der Waals surface area contributed by atoms with Crippen LogP contribution in [0.1, 0.15) is 19.0 Å². The number of aromatic nitrogens is 2. The van der Waals surface area contributed by atoms with E-state index in [2.05, 4.69) is 25.9 Å². The zero-order valence-corrected chi connectivity index (χ0v) is 17.4. The molecule has 0 aliphatic heterocycles. The number of anilines is 5. The molecule has 1 aromatic heterocycles. The van der Waals surface area contributed by atoms with E-state index in [-0.39, 0.29) is 5.91 Å². The van der Waals surface area contributed by atoms with Crippen LogP contribution in [-0.4, -0.2) is 30.1 Å². The molecule has 2 aromatic carbocycles. The smallest absolute Gasteiger partial charge is 0.229 e. The third kappa shape index (κ3) is 5.16. The molecule has 0 atom stereocenters. The lowest BCUT2D eigenvalue weighted by molar-refractivity contribution is -0.115. The van der Waals surface area contributed by atoms with E-state index >= 15 is 0 Å². The minimum Gasteiger partial charge on any atom is -0.497 e. The van der Waals surface area contributed by atoms with E-state index < -0.39 is 0 Å². The van der Waals surface area contributed by atoms with Gasteiger partial charge in [-0.3, -0.25) is 4.79 Å². The van der Waals surface area contributed by atoms with Crippen LogP contribution in [0.25, 0.3) is 0 Å². The molecule has 1 heterocycles. The van der Waals surface area contributed by atoms with Gasteiger partial charge in [0, 0.05) is 17.8 Å². The van der Waals surface area contributed by atoms with Gasteiger partial charge in [0.05, 0.1) is 19.9 Å². The number of hydrogen-bond acceptors (Lipinski definition) is 7. The number of amides is 1. The maximum absolute atomic E-state index is 12.0. The number of carbonyl (C=O) groups is 1. The van der Waals surface area contributed by atoms with Gasteiger partial charge in [0.15, 0.2) is 5.82 Å². The molecule has 0 saturated heterocycles. The number of methoxy groups -OCH3 is 2. The first kappa shape index (κ1) is 20.9. The van der Waals surface area contributed by atoms with Crippen molar-refractivity contribution in [3.63, 3.8) is 0 Å². The van der Waals surface area contributed by atoms with E-state index in [0.717, 1.165) is 22.9 Å². The molecule has 8 nitrogen and oxygen atoms in total. The Labute approximate surface area is 175 Å². The van der Waals surface area contributed by atoms with Crippen LogP contribution in [0.5, 0.6) is 11.5 Å². The van der Waals surface area contributed by atoms with Crippen LogP contribution < -0.4 is 25.4 Å². The van der Waals surface area contributed by atoms with Crippen molar-refractivity contribution in [2.45, 2.75) is 20.3 Å². The number of rotatable bonds is 8. The fourth-order valence-electron chi connectivity index (χ4n) is 2.71. The molecule has 1 amide bonds. The second-order valence-corrected chi connectivity index (χ2v) is 6.46. The van der Waals surface area contributed by atoms with Gasteiger partial charge in [0.1, 0.15) is 17.2 Å². The number of aryl methyl sites for hydroxylation is 1. The first-order valence-corrected chi connectivity index (χ1v) is 9.53. The monoisotopic (exact) mass is 407 g/mol. The Morgan fingerprint density at radius 2 is 1.40 bits per heavy atom. The third-order valence-electron chi connectivity index (χ3n) is 4.37. The van der Waals surface area contributed by atoms with Gasteiger partial charge in [-0.15, -0.1) is 0 Å². The van der Waals surface area contributed by atoms with E-state index in [1.54, 1.807) is 21.1 Å². The largest absolute Gasteiger partial charge is 0.497 e. The van der Waals surface area contributed by atoms with Crippen molar-refractivity contribution < 1.29 is 14.3 Å². The van der Waals surface area contributed by atoms with Gasteiger partial charge >= 0.3 is 0 Å². The highest BCUT2D eigenvalue weighted by Gasteiger charge is 2.15. The Kier molecular flexibility index (Phi) is 6.69. The summed E-state index contributed by atoms with van der Waals surface area (Å²) in [5.41, 5.74) is 2.80. The van der Waals surface area contributed by atoms with Gasteiger partial charge in [0.2, 0.25) is 11.9 Å². The molecule has 0 radical (unpaired) electrons. The SMILES string of the molecule is CCC(=O)Nc1c(C)nc(Nc2ccc(OC)cc2)nc1Nc1ccc(OC)cc1. The maximum atomic E-state index is 12.0. The lowest BCUT2D eigenvalue weighted by atomic mass is 10.2. The number of nitrogens with one attached hydrogen (secondary N) is 3. The second-order valence-electron chi connectivity index (χ2n) is 6.46. The number of carbonyl (C=O) groups excluding carboxylic acids is 1. The van der Waals surface area contributed by atoms with Crippen molar-refractivity contribution in [2.75, 3.05) is 30.2 Å². The Balaban J connectivity index is 1.93. The predicted octanol–water partition coefficient (Wildman–Crippen LogP) is 4.64. The molecule has 0 bridgehead atoms. The van der Waals surface area contributed by atoms with E-state index in [0.29, 0.717) is 29.6 Å². The molecule has 0 spiro atoms. The Hall–Kier alpha value is -3.81. The third-order valence-corrected chi connectivity index (χ3v) is 4.37. The summed E-state index contributed by atoms with van der Waals surface area (Å²) in [5, 5.41) is 9.32. The summed E-state index contributed by atoms with van der Waals surface area (Å²) in [6.45, 7) is 3.62. The van der Waals surface area contributed by atoms with Gasteiger partial charge in [-0.25, -0.2) is 4.98 Å². The number of benzene rings is 2. The molecule has 0 saturated carbocycles. The van der Waals surface area contributed by atoms with Crippen molar-refractivity contribution in [3.8, 4) is 11.5 Å². The maximum Gasteiger partial charge on any atom is 0.229 e. The van der Waals surface area contributed by atoms with Crippen molar-refractivity contribution in [1.29, 1.82) is 0 Å². The summed E-state index contributed by atoms with van der Waals surface area (Å²) in [4.78, 5) is 21.1. The highest BCUT2D eigenvalue weighted by Crippen LogP contribution is 2.29. The number of nitrogens with zero attached hydrogens (tertiary/aromatic N) is 2. The van der Waals surface area contributed by atoms with Gasteiger partial charge < -0.3 is 25.4 Å². The molecule has 156 valence electrons. The second kappa shape index (κ2) is 9.60. The molecule has 30 heavy (non-hydrogen) atoms. The first-order chi connectivity index (χ1) is 14.5. The highest BCUT2D eigenvalue weighted by atomic mass is 16.5. The minimum atomic E-state index is -0.115. The molecule has 0 aliphatic rings. The van der Waals surface area contributed by atoms with Crippen LogP contribution in [0.2, 0.25) is 0 Å². The van der Waals surface area contributed by atoms with Crippen LogP contribution >= 0.6 is 0 Å². The predicted molar refractivity (Wildman–Crippen MR) is 118 cm³/mol. The molecule has 3 N–H and O–H groups in total. The first-order valence-electron chi connectivity index (χ1n) is 9.53. The summed E-state index contributed by atoms with van der Waals surface area (Å²) in [7, 11) is 3.24. The number of hydrogen-bond donors (Lipinski definition) is 3. The van der Waals surface area contributed by atoms with Crippen LogP contribution in [0.15, 0.2) is 48.5 Å². The molecular weight excluding hydrogens is 382 g/mol. The Morgan fingerprint density at radius 3 is 1.90 bits per heavy atom. The summed E-state index contributed by atoms with van der Waals surface area (Å²) >= 11 is 0. The van der Waals surface area contributed by atoms with Crippen molar-refractivity contribution >= 4 is 34.7 Å². The van der Waals surface area contributed by atoms with Crippen LogP contribution in [-0.2, 0) is 4.79 Å². The normalized spacial score (nSPS) is 10.3. The van der Waals surface area contributed by atoms with E-state index in [4.69, 9.17) is 9.47 Å². The van der Waals surface area contributed by atoms with Crippen molar-refractivity contribution in [2.24, 2.45) is 0 Å². The van der Waals surface area contributed by atoms with Crippen LogP contribution in [0.4, 0.5) is 28.8 Å². The number of ether oxygens (including phenoxy) is 2. The summed E-state index contributed by atoms with van der Waals surface area (Å²) in [5.74, 6) is 2.29. The van der Waals surface area contributed by atoms with E-state index in [1.165, 1.54) is 0 Å². The molecule has 8 heteroatoms. The summed E-state index contributed by atoms with van der Waals surface area (Å²) in [6.07, 6.45) is 0.354. The summed E-state index contributed by atoms with van der Waals surface area (Å²) < 4.78 is 10.4. The van der Waals surface area contributed by atoms with Crippen molar-refractivity contribution in [1.82, 2.24) is 9.97 Å². The lowest BCUT2D eigenvalue weighted by Gasteiger charge is -2.16. The molecular formula is C22H25N5O3. The zero-order valence-electron chi connectivity index (χ0n) is 17.4. The fraction of sp³-hybridized carbons (Fsp3) is 0.227. The fourth-order valence-corrected chi connectivity index (χ4v) is 2.71. The van der Waals surface area contributed by atoms with E-state index in [9.17, 15) is 4.79 Å². The van der Waals surface area contributed by atoms with Gasteiger partial charge in [-0.05, 0) is 55.5 Å². The quantitative estimate of drug-likeness (QED) is 0.500. The van der Waals surface area contributed by atoms with Gasteiger partial charge in [-0.1, -0.05) is 6.92 Å². The van der Waals surface area contributed by atoms with Crippen LogP contribution in [0.3, 0.4) is 0 Å². The molecule has 0 fully saturated rings. The Bertz CT molecular complexity index is 1000. The average Bonchev–Trinajstić information content (AvgIpc) is 2.77. The highest BCUT2D eigenvalue weighted by molar-refractivity contribution is 5.94. The summed E-state index contributed by atoms with van der Waals surface area (Å²) in [6, 6.07) is 14.9. The van der Waals surface area contributed by atoms with E-state index in [1.807, 2.05) is 55.5 Å². The Morgan fingerprint density at radius 1 is 0.867 bits per heavy atom. The lowest BCUT2D eigenvalue weighted by Crippen LogP contribution is -2.15. The average molecular weight is 407 g/mol. The standard InChI is InChI=1S/C22H25N5O3/c1-5-19(28)26-20-14(2)23-22(25-16-8-12-18(30-4)13-9-16)27-21(20)24-15-6-10-17(29-3)11-7-15/h6-13H,5H2,1-4H3,(H,26,28)(H2,23,24,25,27). The van der Waals surface area contributed by atoms with Crippen LogP contribution in [0, 0.1) is 6.92 Å². The zero-order chi connectivity index (χ0) is 21.5. The topological polar surface area (TPSA) is 97.4 Å². The molecule has 0 unspecified atom stereocenters. The molecule has 3 aromatic rings.